The number of rotatable bonds is 2. The van der Waals surface area contributed by atoms with Crippen molar-refractivity contribution in [3.8, 4) is 6.07 Å². The summed E-state index contributed by atoms with van der Waals surface area (Å²) in [5, 5.41) is 12.4. The molecule has 21 heavy (non-hydrogen) atoms. The van der Waals surface area contributed by atoms with Crippen molar-refractivity contribution in [1.82, 2.24) is 9.97 Å². The molecule has 0 saturated heterocycles. The molecule has 0 fully saturated rings. The summed E-state index contributed by atoms with van der Waals surface area (Å²) in [5.41, 5.74) is 2.47. The second kappa shape index (κ2) is 5.51. The van der Waals surface area contributed by atoms with Gasteiger partial charge in [-0.15, -0.1) is 0 Å². The number of hydrogen-bond acceptors (Lipinski definition) is 5. The van der Waals surface area contributed by atoms with E-state index in [1.807, 2.05) is 6.07 Å². The maximum atomic E-state index is 11.7. The Morgan fingerprint density at radius 1 is 1.29 bits per heavy atom. The zero-order valence-corrected chi connectivity index (χ0v) is 11.8. The minimum Gasteiger partial charge on any atom is -0.324 e. The lowest BCUT2D eigenvalue weighted by Crippen LogP contribution is -2.14. The van der Waals surface area contributed by atoms with E-state index in [4.69, 9.17) is 16.9 Å². The number of nitrogens with one attached hydrogen (secondary N) is 1. The van der Waals surface area contributed by atoms with E-state index in [-0.39, 0.29) is 5.78 Å². The van der Waals surface area contributed by atoms with E-state index < -0.39 is 0 Å². The molecule has 0 atom stereocenters. The molecule has 0 saturated carbocycles. The van der Waals surface area contributed by atoms with Crippen LogP contribution >= 0.6 is 11.6 Å². The molecule has 1 aromatic carbocycles. The van der Waals surface area contributed by atoms with Gasteiger partial charge in [-0.25, -0.2) is 9.97 Å². The number of ketones is 1. The molecule has 1 aliphatic carbocycles. The highest BCUT2D eigenvalue weighted by Gasteiger charge is 2.19. The fourth-order valence-electron chi connectivity index (χ4n) is 2.31. The first kappa shape index (κ1) is 13.5. The van der Waals surface area contributed by atoms with Crippen molar-refractivity contribution >= 4 is 29.0 Å². The Morgan fingerprint density at radius 2 is 2.14 bits per heavy atom. The summed E-state index contributed by atoms with van der Waals surface area (Å²) >= 11 is 5.95. The maximum Gasteiger partial charge on any atom is 0.227 e. The second-order valence-corrected chi connectivity index (χ2v) is 5.23. The van der Waals surface area contributed by atoms with Gasteiger partial charge in [0.05, 0.1) is 22.9 Å². The van der Waals surface area contributed by atoms with Gasteiger partial charge in [0.1, 0.15) is 0 Å². The highest BCUT2D eigenvalue weighted by Crippen LogP contribution is 2.23. The van der Waals surface area contributed by atoms with Gasteiger partial charge in [0.15, 0.2) is 5.78 Å². The summed E-state index contributed by atoms with van der Waals surface area (Å²) in [4.78, 5) is 20.3. The van der Waals surface area contributed by atoms with E-state index in [0.29, 0.717) is 34.2 Å². The quantitative estimate of drug-likeness (QED) is 0.920. The van der Waals surface area contributed by atoms with Crippen LogP contribution in [0, 0.1) is 11.3 Å². The Bertz CT molecular complexity index is 767. The molecule has 0 aliphatic heterocycles. The summed E-state index contributed by atoms with van der Waals surface area (Å²) in [6, 6.07) is 6.98. The summed E-state index contributed by atoms with van der Waals surface area (Å²) < 4.78 is 0. The van der Waals surface area contributed by atoms with Crippen LogP contribution in [0.3, 0.4) is 0 Å². The van der Waals surface area contributed by atoms with Crippen molar-refractivity contribution in [2.45, 2.75) is 19.3 Å². The third-order valence-electron chi connectivity index (χ3n) is 3.27. The Labute approximate surface area is 126 Å². The van der Waals surface area contributed by atoms with Gasteiger partial charge in [0.25, 0.3) is 0 Å². The lowest BCUT2D eigenvalue weighted by Gasteiger charge is -2.14. The number of carbonyl (C=O) groups is 1. The minimum absolute atomic E-state index is 0.0947. The van der Waals surface area contributed by atoms with Crippen LogP contribution in [0.25, 0.3) is 0 Å². The minimum atomic E-state index is 0.0947. The lowest BCUT2D eigenvalue weighted by molar-refractivity contribution is 0.0971. The predicted molar refractivity (Wildman–Crippen MR) is 78.8 cm³/mol. The molecule has 3 rings (SSSR count). The number of aromatic nitrogens is 2. The number of nitrogens with zero attached hydrogens (tertiary/aromatic N) is 3. The number of anilines is 2. The number of Topliss-reactive ketones (excluding diaryl/α,β-unsaturated/α-hetero) is 1. The molecule has 1 aromatic heterocycles. The Kier molecular flexibility index (Phi) is 3.55. The summed E-state index contributed by atoms with van der Waals surface area (Å²) in [5.74, 6) is 0.493. The highest BCUT2D eigenvalue weighted by atomic mass is 35.5. The molecular formula is C15H11ClN4O. The zero-order valence-electron chi connectivity index (χ0n) is 11.1. The fraction of sp³-hybridized carbons (Fsp3) is 0.200. The standard InChI is InChI=1S/C15H11ClN4O/c16-10-4-9(7-17)5-11(6-10)19-15-18-8-12-13(20-15)2-1-3-14(12)21/h4-6,8H,1-3H2,(H,18,19,20). The molecule has 0 unspecified atom stereocenters. The number of nitriles is 1. The van der Waals surface area contributed by atoms with E-state index in [1.165, 1.54) is 0 Å². The monoisotopic (exact) mass is 298 g/mol. The van der Waals surface area contributed by atoms with Crippen LogP contribution in [0.4, 0.5) is 11.6 Å². The summed E-state index contributed by atoms with van der Waals surface area (Å²) in [6.07, 6.45) is 3.71. The van der Waals surface area contributed by atoms with Gasteiger partial charge >= 0.3 is 0 Å². The molecule has 0 amide bonds. The van der Waals surface area contributed by atoms with E-state index in [9.17, 15) is 4.79 Å². The van der Waals surface area contributed by atoms with Crippen molar-refractivity contribution in [2.24, 2.45) is 0 Å². The maximum absolute atomic E-state index is 11.7. The zero-order chi connectivity index (χ0) is 14.8. The molecule has 1 heterocycles. The Hall–Kier alpha value is -2.45. The van der Waals surface area contributed by atoms with Crippen LogP contribution in [-0.4, -0.2) is 15.8 Å². The molecule has 0 spiro atoms. The van der Waals surface area contributed by atoms with Crippen LogP contribution in [0.1, 0.15) is 34.5 Å². The van der Waals surface area contributed by atoms with Crippen LogP contribution in [0.5, 0.6) is 0 Å². The van der Waals surface area contributed by atoms with Crippen LogP contribution < -0.4 is 5.32 Å². The normalized spacial score (nSPS) is 13.4. The number of benzene rings is 1. The summed E-state index contributed by atoms with van der Waals surface area (Å²) in [6.45, 7) is 0. The third kappa shape index (κ3) is 2.86. The van der Waals surface area contributed by atoms with Crippen molar-refractivity contribution in [2.75, 3.05) is 5.32 Å². The topological polar surface area (TPSA) is 78.7 Å². The van der Waals surface area contributed by atoms with Crippen LogP contribution in [0.15, 0.2) is 24.4 Å². The number of halogens is 1. The molecule has 2 aromatic rings. The highest BCUT2D eigenvalue weighted by molar-refractivity contribution is 6.31. The SMILES string of the molecule is N#Cc1cc(Cl)cc(Nc2ncc3c(n2)CCCC3=O)c1. The number of aryl methyl sites for hydroxylation is 1. The summed E-state index contributed by atoms with van der Waals surface area (Å²) in [7, 11) is 0. The van der Waals surface area contributed by atoms with Crippen molar-refractivity contribution < 1.29 is 4.79 Å². The molecule has 5 nitrogen and oxygen atoms in total. The molecule has 0 radical (unpaired) electrons. The van der Waals surface area contributed by atoms with Gasteiger partial charge in [-0.05, 0) is 31.0 Å². The first-order chi connectivity index (χ1) is 10.2. The number of fused-ring (bicyclic) bond motifs is 1. The van der Waals surface area contributed by atoms with Crippen LogP contribution in [-0.2, 0) is 6.42 Å². The molecule has 1 N–H and O–H groups in total. The van der Waals surface area contributed by atoms with Gasteiger partial charge in [0.2, 0.25) is 5.95 Å². The van der Waals surface area contributed by atoms with Crippen LogP contribution in [0.2, 0.25) is 5.02 Å². The fourth-order valence-corrected chi connectivity index (χ4v) is 2.54. The third-order valence-corrected chi connectivity index (χ3v) is 3.49. The van der Waals surface area contributed by atoms with Crippen molar-refractivity contribution in [1.29, 1.82) is 5.26 Å². The molecule has 0 bridgehead atoms. The van der Waals surface area contributed by atoms with E-state index in [1.54, 1.807) is 24.4 Å². The first-order valence-corrected chi connectivity index (χ1v) is 6.90. The largest absolute Gasteiger partial charge is 0.324 e. The molecule has 6 heteroatoms. The molecular weight excluding hydrogens is 288 g/mol. The predicted octanol–water partition coefficient (Wildman–Crippen LogP) is 3.26. The molecule has 104 valence electrons. The molecule has 1 aliphatic rings. The second-order valence-electron chi connectivity index (χ2n) is 4.80. The average molecular weight is 299 g/mol. The van der Waals surface area contributed by atoms with E-state index >= 15 is 0 Å². The van der Waals surface area contributed by atoms with E-state index in [0.717, 1.165) is 18.5 Å². The van der Waals surface area contributed by atoms with Gasteiger partial charge < -0.3 is 5.32 Å². The Balaban J connectivity index is 1.91. The van der Waals surface area contributed by atoms with Gasteiger partial charge in [-0.1, -0.05) is 11.6 Å². The van der Waals surface area contributed by atoms with Gasteiger partial charge in [-0.2, -0.15) is 5.26 Å². The number of hydrogen-bond donors (Lipinski definition) is 1. The average Bonchev–Trinajstić information content (AvgIpc) is 2.46. The van der Waals surface area contributed by atoms with Gasteiger partial charge in [-0.3, -0.25) is 4.79 Å². The first-order valence-electron chi connectivity index (χ1n) is 6.52. The Morgan fingerprint density at radius 3 is 2.95 bits per heavy atom. The van der Waals surface area contributed by atoms with Crippen molar-refractivity contribution in [3.63, 3.8) is 0 Å². The number of carbonyl (C=O) groups excluding carboxylic acids is 1. The smallest absolute Gasteiger partial charge is 0.227 e. The van der Waals surface area contributed by atoms with Gasteiger partial charge in [0, 0.05) is 23.3 Å². The lowest BCUT2D eigenvalue weighted by atomic mass is 9.96. The van der Waals surface area contributed by atoms with Crippen molar-refractivity contribution in [3.05, 3.63) is 46.2 Å². The van der Waals surface area contributed by atoms with E-state index in [2.05, 4.69) is 15.3 Å².